The fourth-order valence-corrected chi connectivity index (χ4v) is 1.70. The van der Waals surface area contributed by atoms with Crippen molar-refractivity contribution in [2.24, 2.45) is 5.41 Å². The van der Waals surface area contributed by atoms with Crippen molar-refractivity contribution in [1.82, 2.24) is 0 Å². The van der Waals surface area contributed by atoms with Gasteiger partial charge in [-0.2, -0.15) is 0 Å². The molecule has 17 heavy (non-hydrogen) atoms. The fourth-order valence-electron chi connectivity index (χ4n) is 1.70. The van der Waals surface area contributed by atoms with Crippen molar-refractivity contribution in [3.05, 3.63) is 24.0 Å². The number of hydrogen-bond donors (Lipinski definition) is 3. The molecule has 3 nitrogen and oxygen atoms in total. The number of rotatable bonds is 4. The smallest absolute Gasteiger partial charge is 0.148 e. The number of aliphatic hydroxyl groups excluding tert-OH is 1. The topological polar surface area (TPSA) is 58.3 Å². The van der Waals surface area contributed by atoms with E-state index in [1.165, 1.54) is 6.07 Å². The first kappa shape index (κ1) is 13.8. The number of nitrogen functional groups attached to an aromatic ring is 1. The van der Waals surface area contributed by atoms with Crippen LogP contribution in [-0.2, 0) is 0 Å². The van der Waals surface area contributed by atoms with Crippen LogP contribution in [0.25, 0.3) is 0 Å². The summed E-state index contributed by atoms with van der Waals surface area (Å²) in [7, 11) is 0. The monoisotopic (exact) mass is 240 g/mol. The van der Waals surface area contributed by atoms with E-state index in [4.69, 9.17) is 10.8 Å². The predicted molar refractivity (Wildman–Crippen MR) is 69.4 cm³/mol. The van der Waals surface area contributed by atoms with Crippen LogP contribution in [0.5, 0.6) is 0 Å². The summed E-state index contributed by atoms with van der Waals surface area (Å²) in [6.07, 6.45) is 0.597. The minimum absolute atomic E-state index is 0.0385. The van der Waals surface area contributed by atoms with Crippen molar-refractivity contribution in [3.63, 3.8) is 0 Å². The van der Waals surface area contributed by atoms with Gasteiger partial charge >= 0.3 is 0 Å². The van der Waals surface area contributed by atoms with E-state index >= 15 is 0 Å². The Labute approximate surface area is 102 Å². The molecule has 1 unspecified atom stereocenters. The molecule has 0 aliphatic rings. The van der Waals surface area contributed by atoms with Crippen LogP contribution in [0.4, 0.5) is 15.8 Å². The summed E-state index contributed by atoms with van der Waals surface area (Å²) in [5.74, 6) is -0.424. The van der Waals surface area contributed by atoms with Crippen molar-refractivity contribution in [2.75, 3.05) is 17.7 Å². The molecule has 4 N–H and O–H groups in total. The lowest BCUT2D eigenvalue weighted by molar-refractivity contribution is 0.235. The molecule has 1 rings (SSSR count). The Hall–Kier alpha value is -1.29. The summed E-state index contributed by atoms with van der Waals surface area (Å²) in [4.78, 5) is 0. The average molecular weight is 240 g/mol. The van der Waals surface area contributed by atoms with Gasteiger partial charge in [-0.25, -0.2) is 4.39 Å². The van der Waals surface area contributed by atoms with E-state index in [2.05, 4.69) is 26.1 Å². The van der Waals surface area contributed by atoms with E-state index in [-0.39, 0.29) is 23.8 Å². The number of nitrogens with two attached hydrogens (primary N) is 1. The Bertz CT molecular complexity index is 374. The first-order valence-corrected chi connectivity index (χ1v) is 5.77. The number of nitrogens with one attached hydrogen (secondary N) is 1. The third-order valence-electron chi connectivity index (χ3n) is 2.85. The van der Waals surface area contributed by atoms with Gasteiger partial charge in [0.15, 0.2) is 0 Å². The van der Waals surface area contributed by atoms with Crippen molar-refractivity contribution < 1.29 is 9.50 Å². The maximum atomic E-state index is 13.3. The lowest BCUT2D eigenvalue weighted by Gasteiger charge is -2.32. The molecule has 0 aliphatic carbocycles. The average Bonchev–Trinajstić information content (AvgIpc) is 2.22. The molecule has 0 heterocycles. The zero-order valence-corrected chi connectivity index (χ0v) is 10.6. The molecule has 96 valence electrons. The molecule has 1 aromatic carbocycles. The molecule has 0 saturated heterocycles. The first-order chi connectivity index (χ1) is 7.86. The molecule has 1 aromatic rings. The van der Waals surface area contributed by atoms with Crippen molar-refractivity contribution in [2.45, 2.75) is 33.2 Å². The SMILES string of the molecule is CC(C)(C)C(CCO)Nc1cccc(F)c1N. The Morgan fingerprint density at radius 2 is 2.06 bits per heavy atom. The zero-order valence-electron chi connectivity index (χ0n) is 10.6. The van der Waals surface area contributed by atoms with Gasteiger partial charge < -0.3 is 16.2 Å². The maximum Gasteiger partial charge on any atom is 0.148 e. The van der Waals surface area contributed by atoms with Gasteiger partial charge in [-0.3, -0.25) is 0 Å². The molecule has 0 saturated carbocycles. The van der Waals surface area contributed by atoms with Gasteiger partial charge in [0.25, 0.3) is 0 Å². The van der Waals surface area contributed by atoms with E-state index in [9.17, 15) is 4.39 Å². The molecule has 0 radical (unpaired) electrons. The standard InChI is InChI=1S/C13H21FN2O/c1-13(2,3)11(7-8-17)16-10-6-4-5-9(14)12(10)15/h4-6,11,16-17H,7-8,15H2,1-3H3. The fraction of sp³-hybridized carbons (Fsp3) is 0.538. The summed E-state index contributed by atoms with van der Waals surface area (Å²) in [5.41, 5.74) is 6.34. The lowest BCUT2D eigenvalue weighted by atomic mass is 9.84. The van der Waals surface area contributed by atoms with Crippen LogP contribution in [0.1, 0.15) is 27.2 Å². The van der Waals surface area contributed by atoms with Crippen LogP contribution < -0.4 is 11.1 Å². The second-order valence-electron chi connectivity index (χ2n) is 5.28. The minimum Gasteiger partial charge on any atom is -0.396 e. The maximum absolute atomic E-state index is 13.3. The Morgan fingerprint density at radius 3 is 2.59 bits per heavy atom. The molecular weight excluding hydrogens is 219 g/mol. The van der Waals surface area contributed by atoms with Gasteiger partial charge in [0.1, 0.15) is 5.82 Å². The molecule has 0 aromatic heterocycles. The van der Waals surface area contributed by atoms with E-state index in [1.807, 2.05) is 0 Å². The van der Waals surface area contributed by atoms with Crippen molar-refractivity contribution >= 4 is 11.4 Å². The largest absolute Gasteiger partial charge is 0.396 e. The van der Waals surface area contributed by atoms with Crippen LogP contribution in [-0.4, -0.2) is 17.8 Å². The summed E-state index contributed by atoms with van der Waals surface area (Å²) < 4.78 is 13.3. The number of anilines is 2. The highest BCUT2D eigenvalue weighted by molar-refractivity contribution is 5.66. The number of benzene rings is 1. The number of aliphatic hydroxyl groups is 1. The predicted octanol–water partition coefficient (Wildman–Crippen LogP) is 2.62. The highest BCUT2D eigenvalue weighted by atomic mass is 19.1. The van der Waals surface area contributed by atoms with Gasteiger partial charge in [-0.15, -0.1) is 0 Å². The zero-order chi connectivity index (χ0) is 13.1. The number of halogens is 1. The van der Waals surface area contributed by atoms with Crippen LogP contribution in [0.2, 0.25) is 0 Å². The van der Waals surface area contributed by atoms with Crippen LogP contribution >= 0.6 is 0 Å². The van der Waals surface area contributed by atoms with Crippen molar-refractivity contribution in [1.29, 1.82) is 0 Å². The summed E-state index contributed by atoms with van der Waals surface area (Å²) in [6.45, 7) is 6.28. The molecular formula is C13H21FN2O. The number of para-hydroxylation sites is 1. The minimum atomic E-state index is -0.424. The molecule has 0 amide bonds. The van der Waals surface area contributed by atoms with E-state index < -0.39 is 5.82 Å². The Balaban J connectivity index is 2.90. The van der Waals surface area contributed by atoms with Gasteiger partial charge in [0.2, 0.25) is 0 Å². The van der Waals surface area contributed by atoms with Crippen molar-refractivity contribution in [3.8, 4) is 0 Å². The second-order valence-corrected chi connectivity index (χ2v) is 5.28. The molecule has 0 spiro atoms. The first-order valence-electron chi connectivity index (χ1n) is 5.77. The normalized spacial score (nSPS) is 13.5. The third-order valence-corrected chi connectivity index (χ3v) is 2.85. The Kier molecular flexibility index (Phi) is 4.34. The summed E-state index contributed by atoms with van der Waals surface area (Å²) in [6, 6.07) is 4.73. The highest BCUT2D eigenvalue weighted by Gasteiger charge is 2.24. The molecule has 0 fully saturated rings. The summed E-state index contributed by atoms with van der Waals surface area (Å²) in [5, 5.41) is 12.3. The van der Waals surface area contributed by atoms with Gasteiger partial charge in [0.05, 0.1) is 11.4 Å². The molecule has 0 aliphatic heterocycles. The quantitative estimate of drug-likeness (QED) is 0.709. The lowest BCUT2D eigenvalue weighted by Crippen LogP contribution is -2.35. The van der Waals surface area contributed by atoms with E-state index in [0.717, 1.165) is 0 Å². The molecule has 4 heteroatoms. The van der Waals surface area contributed by atoms with Crippen LogP contribution in [0.3, 0.4) is 0 Å². The van der Waals surface area contributed by atoms with E-state index in [0.29, 0.717) is 12.1 Å². The number of hydrogen-bond acceptors (Lipinski definition) is 3. The Morgan fingerprint density at radius 1 is 1.41 bits per heavy atom. The highest BCUT2D eigenvalue weighted by Crippen LogP contribution is 2.29. The van der Waals surface area contributed by atoms with Gasteiger partial charge in [-0.1, -0.05) is 26.8 Å². The molecule has 0 bridgehead atoms. The van der Waals surface area contributed by atoms with Crippen LogP contribution in [0, 0.1) is 11.2 Å². The molecule has 1 atom stereocenters. The summed E-state index contributed by atoms with van der Waals surface area (Å²) >= 11 is 0. The van der Waals surface area contributed by atoms with Crippen LogP contribution in [0.15, 0.2) is 18.2 Å². The van der Waals surface area contributed by atoms with Gasteiger partial charge in [-0.05, 0) is 24.0 Å². The van der Waals surface area contributed by atoms with Gasteiger partial charge in [0, 0.05) is 12.6 Å². The second kappa shape index (κ2) is 5.36. The third kappa shape index (κ3) is 3.60. The van der Waals surface area contributed by atoms with E-state index in [1.54, 1.807) is 12.1 Å².